The Hall–Kier alpha value is -1.46. The van der Waals surface area contributed by atoms with Gasteiger partial charge in [0.1, 0.15) is 0 Å². The molecule has 2 atom stereocenters. The lowest BCUT2D eigenvalue weighted by Gasteiger charge is -2.38. The molecule has 2 fully saturated rings. The number of carbonyl (C=O) groups excluding carboxylic acids is 1. The number of benzene rings is 2. The number of urea groups is 1. The van der Waals surface area contributed by atoms with Crippen LogP contribution in [0.25, 0.3) is 0 Å². The third-order valence-electron chi connectivity index (χ3n) is 6.79. The number of hydrogen-bond donors (Lipinski definition) is 2. The number of hydrogen-bond acceptors (Lipinski definition) is 2. The molecule has 0 aromatic heterocycles. The zero-order valence-corrected chi connectivity index (χ0v) is 20.4. The van der Waals surface area contributed by atoms with Crippen LogP contribution in [0.1, 0.15) is 43.2 Å². The molecule has 1 aliphatic carbocycles. The van der Waals surface area contributed by atoms with Crippen molar-refractivity contribution < 1.29 is 4.79 Å². The van der Waals surface area contributed by atoms with Crippen LogP contribution < -0.4 is 10.6 Å². The number of rotatable bonds is 6. The van der Waals surface area contributed by atoms with Crippen LogP contribution in [0.4, 0.5) is 4.79 Å². The lowest BCUT2D eigenvalue weighted by molar-refractivity contribution is 0.118. The second-order valence-electron chi connectivity index (χ2n) is 8.99. The van der Waals surface area contributed by atoms with Crippen molar-refractivity contribution in [2.75, 3.05) is 13.1 Å². The summed E-state index contributed by atoms with van der Waals surface area (Å²) in [6, 6.07) is 14.2. The van der Waals surface area contributed by atoms with Crippen LogP contribution in [0.5, 0.6) is 0 Å². The van der Waals surface area contributed by atoms with Crippen molar-refractivity contribution in [1.82, 2.24) is 15.5 Å². The van der Waals surface area contributed by atoms with Gasteiger partial charge in [-0.05, 0) is 92.9 Å². The van der Waals surface area contributed by atoms with E-state index in [2.05, 4.69) is 27.7 Å². The first-order valence-electron chi connectivity index (χ1n) is 11.4. The molecule has 1 aliphatic heterocycles. The van der Waals surface area contributed by atoms with Crippen molar-refractivity contribution in [2.45, 2.75) is 57.2 Å². The smallest absolute Gasteiger partial charge is 0.315 e. The molecule has 0 bridgehead atoms. The van der Waals surface area contributed by atoms with Gasteiger partial charge in [0, 0.05) is 23.7 Å². The highest BCUT2D eigenvalue weighted by Crippen LogP contribution is 2.30. The molecule has 0 spiro atoms. The van der Waals surface area contributed by atoms with Gasteiger partial charge in [-0.1, -0.05) is 53.0 Å². The summed E-state index contributed by atoms with van der Waals surface area (Å²) in [5.41, 5.74) is 2.30. The standard InChI is InChI=1S/C25H30Cl3N3O/c26-20-7-4-17(5-8-20)14-18-10-12-31(13-11-18)24-3-1-2-23(24)30-25(32)29-16-19-6-9-21(27)22(28)15-19/h4-9,15,18,23-24H,1-3,10-14,16H2,(H2,29,30,32)/t23-,24-/m1/s1. The average Bonchev–Trinajstić information content (AvgIpc) is 3.25. The molecule has 0 unspecified atom stereocenters. The Labute approximate surface area is 205 Å². The molecule has 172 valence electrons. The first kappa shape index (κ1) is 23.7. The monoisotopic (exact) mass is 493 g/mol. The third kappa shape index (κ3) is 6.32. The molecule has 0 radical (unpaired) electrons. The van der Waals surface area contributed by atoms with E-state index in [9.17, 15) is 4.79 Å². The Kier molecular flexibility index (Phi) is 8.22. The highest BCUT2D eigenvalue weighted by Gasteiger charge is 2.35. The molecule has 1 saturated heterocycles. The topological polar surface area (TPSA) is 44.4 Å². The maximum absolute atomic E-state index is 12.5. The normalized spacial score (nSPS) is 22.1. The summed E-state index contributed by atoms with van der Waals surface area (Å²) < 4.78 is 0. The summed E-state index contributed by atoms with van der Waals surface area (Å²) in [6.07, 6.45) is 6.88. The van der Waals surface area contributed by atoms with Crippen molar-refractivity contribution >= 4 is 40.8 Å². The van der Waals surface area contributed by atoms with Crippen molar-refractivity contribution in [3.63, 3.8) is 0 Å². The van der Waals surface area contributed by atoms with Crippen LogP contribution in [0.2, 0.25) is 15.1 Å². The molecule has 1 heterocycles. The first-order chi connectivity index (χ1) is 15.5. The van der Waals surface area contributed by atoms with Gasteiger partial charge in [0.2, 0.25) is 0 Å². The molecular formula is C25H30Cl3N3O. The van der Waals surface area contributed by atoms with Gasteiger partial charge < -0.3 is 10.6 Å². The van der Waals surface area contributed by atoms with Gasteiger partial charge >= 0.3 is 6.03 Å². The Morgan fingerprint density at radius 3 is 2.34 bits per heavy atom. The van der Waals surface area contributed by atoms with Crippen LogP contribution in [-0.4, -0.2) is 36.1 Å². The van der Waals surface area contributed by atoms with E-state index < -0.39 is 0 Å². The number of halogens is 3. The summed E-state index contributed by atoms with van der Waals surface area (Å²) in [4.78, 5) is 15.1. The van der Waals surface area contributed by atoms with Crippen molar-refractivity contribution in [1.29, 1.82) is 0 Å². The molecule has 7 heteroatoms. The molecule has 4 rings (SSSR count). The van der Waals surface area contributed by atoms with Gasteiger partial charge in [0.05, 0.1) is 10.0 Å². The Morgan fingerprint density at radius 2 is 1.62 bits per heavy atom. The lowest BCUT2D eigenvalue weighted by Crippen LogP contribution is -2.53. The maximum atomic E-state index is 12.5. The molecule has 2 aromatic rings. The second kappa shape index (κ2) is 11.1. The predicted octanol–water partition coefficient (Wildman–Crippen LogP) is 6.32. The quantitative estimate of drug-likeness (QED) is 0.493. The van der Waals surface area contributed by atoms with E-state index in [1.54, 1.807) is 12.1 Å². The fourth-order valence-corrected chi connectivity index (χ4v) is 5.49. The number of carbonyl (C=O) groups is 1. The number of amides is 2. The highest BCUT2D eigenvalue weighted by molar-refractivity contribution is 6.42. The number of nitrogens with zero attached hydrogens (tertiary/aromatic N) is 1. The van der Waals surface area contributed by atoms with Crippen molar-refractivity contribution in [3.8, 4) is 0 Å². The van der Waals surface area contributed by atoms with Gasteiger partial charge in [-0.3, -0.25) is 4.90 Å². The fraction of sp³-hybridized carbons (Fsp3) is 0.480. The highest BCUT2D eigenvalue weighted by atomic mass is 35.5. The summed E-state index contributed by atoms with van der Waals surface area (Å²) in [6.45, 7) is 2.63. The van der Waals surface area contributed by atoms with Crippen molar-refractivity contribution in [2.24, 2.45) is 5.92 Å². The summed E-state index contributed by atoms with van der Waals surface area (Å²) >= 11 is 18.0. The van der Waals surface area contributed by atoms with Crippen molar-refractivity contribution in [3.05, 3.63) is 68.7 Å². The largest absolute Gasteiger partial charge is 0.334 e. The van der Waals surface area contributed by atoms with Crippen LogP contribution >= 0.6 is 34.8 Å². The molecular weight excluding hydrogens is 465 g/mol. The van der Waals surface area contributed by atoms with Gasteiger partial charge in [-0.25, -0.2) is 4.79 Å². The SMILES string of the molecule is O=C(NCc1ccc(Cl)c(Cl)c1)N[C@@H]1CCC[C@H]1N1CCC(Cc2ccc(Cl)cc2)CC1. The van der Waals surface area contributed by atoms with Crippen LogP contribution in [0.3, 0.4) is 0 Å². The predicted molar refractivity (Wildman–Crippen MR) is 133 cm³/mol. The molecule has 2 N–H and O–H groups in total. The summed E-state index contributed by atoms with van der Waals surface area (Å²) in [7, 11) is 0. The second-order valence-corrected chi connectivity index (χ2v) is 10.2. The molecule has 2 aliphatic rings. The zero-order chi connectivity index (χ0) is 22.5. The van der Waals surface area contributed by atoms with Crippen LogP contribution in [0.15, 0.2) is 42.5 Å². The average molecular weight is 495 g/mol. The van der Waals surface area contributed by atoms with E-state index in [-0.39, 0.29) is 12.1 Å². The van der Waals surface area contributed by atoms with E-state index in [1.165, 1.54) is 18.4 Å². The first-order valence-corrected chi connectivity index (χ1v) is 12.6. The van der Waals surface area contributed by atoms with E-state index >= 15 is 0 Å². The van der Waals surface area contributed by atoms with E-state index in [4.69, 9.17) is 34.8 Å². The Bertz CT molecular complexity index is 913. The molecule has 2 amide bonds. The van der Waals surface area contributed by atoms with Gasteiger partial charge in [-0.2, -0.15) is 0 Å². The summed E-state index contributed by atoms with van der Waals surface area (Å²) in [5.74, 6) is 0.717. The third-order valence-corrected chi connectivity index (χ3v) is 7.78. The zero-order valence-electron chi connectivity index (χ0n) is 18.1. The minimum atomic E-state index is -0.120. The molecule has 32 heavy (non-hydrogen) atoms. The summed E-state index contributed by atoms with van der Waals surface area (Å²) in [5, 5.41) is 7.99. The number of piperidine rings is 1. The van der Waals surface area contributed by atoms with E-state index in [0.29, 0.717) is 22.6 Å². The Morgan fingerprint density at radius 1 is 0.906 bits per heavy atom. The van der Waals surface area contributed by atoms with Gasteiger partial charge in [0.15, 0.2) is 0 Å². The van der Waals surface area contributed by atoms with Crippen LogP contribution in [0, 0.1) is 5.92 Å². The van der Waals surface area contributed by atoms with E-state index in [0.717, 1.165) is 55.3 Å². The van der Waals surface area contributed by atoms with Gasteiger partial charge in [-0.15, -0.1) is 0 Å². The van der Waals surface area contributed by atoms with Crippen LogP contribution in [-0.2, 0) is 13.0 Å². The van der Waals surface area contributed by atoms with E-state index in [1.807, 2.05) is 18.2 Å². The molecule has 4 nitrogen and oxygen atoms in total. The lowest BCUT2D eigenvalue weighted by atomic mass is 9.89. The Balaban J connectivity index is 1.23. The number of likely N-dealkylation sites (tertiary alicyclic amines) is 1. The number of nitrogens with one attached hydrogen (secondary N) is 2. The molecule has 2 aromatic carbocycles. The minimum Gasteiger partial charge on any atom is -0.334 e. The van der Waals surface area contributed by atoms with Gasteiger partial charge in [0.25, 0.3) is 0 Å². The molecule has 1 saturated carbocycles. The minimum absolute atomic E-state index is 0.120. The maximum Gasteiger partial charge on any atom is 0.315 e. The fourth-order valence-electron chi connectivity index (χ4n) is 5.04.